The Labute approximate surface area is 168 Å². The summed E-state index contributed by atoms with van der Waals surface area (Å²) in [5, 5.41) is 23.8. The van der Waals surface area contributed by atoms with Gasteiger partial charge < -0.3 is 15.6 Å². The molecule has 3 N–H and O–H groups in total. The first-order chi connectivity index (χ1) is 14.1. The maximum Gasteiger partial charge on any atom is 0.303 e. The summed E-state index contributed by atoms with van der Waals surface area (Å²) in [5.74, 6) is -1.20. The molecule has 0 aliphatic carbocycles. The van der Waals surface area contributed by atoms with Crippen molar-refractivity contribution in [3.63, 3.8) is 0 Å². The molecule has 29 heavy (non-hydrogen) atoms. The zero-order valence-corrected chi connectivity index (χ0v) is 15.6. The number of carboxylic acid groups (broad SMARTS) is 1. The number of oxime groups is 1. The van der Waals surface area contributed by atoms with Crippen molar-refractivity contribution in [2.45, 2.75) is 12.8 Å². The van der Waals surface area contributed by atoms with Gasteiger partial charge >= 0.3 is 5.97 Å². The van der Waals surface area contributed by atoms with E-state index in [-0.39, 0.29) is 24.5 Å². The molecule has 3 aromatic carbocycles. The maximum atomic E-state index is 12.5. The summed E-state index contributed by atoms with van der Waals surface area (Å²) in [6, 6.07) is 24.0. The van der Waals surface area contributed by atoms with Gasteiger partial charge in [-0.05, 0) is 41.0 Å². The highest BCUT2D eigenvalue weighted by Crippen LogP contribution is 2.20. The van der Waals surface area contributed by atoms with Crippen LogP contribution in [0, 0.1) is 0 Å². The van der Waals surface area contributed by atoms with Gasteiger partial charge in [0.15, 0.2) is 0 Å². The first kappa shape index (κ1) is 19.8. The molecular weight excluding hydrogens is 368 g/mol. The summed E-state index contributed by atoms with van der Waals surface area (Å²) in [6.45, 7) is 0. The molecule has 0 aliphatic rings. The van der Waals surface area contributed by atoms with Gasteiger partial charge in [0.2, 0.25) is 0 Å². The number of aliphatic carboxylic acids is 1. The van der Waals surface area contributed by atoms with Crippen LogP contribution in [0.15, 0.2) is 84.0 Å². The summed E-state index contributed by atoms with van der Waals surface area (Å²) in [4.78, 5) is 23.2. The van der Waals surface area contributed by atoms with E-state index in [1.165, 1.54) is 0 Å². The quantitative estimate of drug-likeness (QED) is 0.312. The summed E-state index contributed by atoms with van der Waals surface area (Å²) < 4.78 is 0. The first-order valence-electron chi connectivity index (χ1n) is 9.07. The van der Waals surface area contributed by atoms with Crippen LogP contribution in [0.3, 0.4) is 0 Å². The van der Waals surface area contributed by atoms with Crippen molar-refractivity contribution in [2.75, 3.05) is 5.32 Å². The minimum absolute atomic E-state index is 0.116. The first-order valence-corrected chi connectivity index (χ1v) is 9.07. The number of nitrogens with zero attached hydrogens (tertiary/aromatic N) is 1. The molecule has 0 atom stereocenters. The summed E-state index contributed by atoms with van der Waals surface area (Å²) in [5.41, 5.74) is 4.11. The second-order valence-electron chi connectivity index (χ2n) is 6.42. The average molecular weight is 388 g/mol. The zero-order chi connectivity index (χ0) is 20.6. The van der Waals surface area contributed by atoms with Gasteiger partial charge in [-0.1, -0.05) is 59.8 Å². The van der Waals surface area contributed by atoms with Crippen molar-refractivity contribution in [1.29, 1.82) is 0 Å². The predicted molar refractivity (Wildman–Crippen MR) is 111 cm³/mol. The molecule has 1 amide bonds. The fraction of sp³-hybridized carbons (Fsp3) is 0.0870. The van der Waals surface area contributed by atoms with E-state index >= 15 is 0 Å². The number of carbonyl (C=O) groups excluding carboxylic acids is 1. The van der Waals surface area contributed by atoms with Crippen molar-refractivity contribution in [3.8, 4) is 11.1 Å². The van der Waals surface area contributed by atoms with Crippen LogP contribution in [0.1, 0.15) is 28.8 Å². The number of rotatable bonds is 7. The van der Waals surface area contributed by atoms with Gasteiger partial charge in [0.25, 0.3) is 5.91 Å². The Kier molecular flexibility index (Phi) is 6.37. The van der Waals surface area contributed by atoms with Crippen LogP contribution in [0.25, 0.3) is 11.1 Å². The number of nitrogens with one attached hydrogen (secondary N) is 1. The normalized spacial score (nSPS) is 11.1. The monoisotopic (exact) mass is 388 g/mol. The number of anilines is 1. The molecule has 0 fully saturated rings. The molecule has 146 valence electrons. The minimum Gasteiger partial charge on any atom is -0.481 e. The van der Waals surface area contributed by atoms with Gasteiger partial charge in [0.05, 0.1) is 12.1 Å². The zero-order valence-electron chi connectivity index (χ0n) is 15.6. The molecule has 0 saturated heterocycles. The van der Waals surface area contributed by atoms with Gasteiger partial charge in [0, 0.05) is 17.7 Å². The SMILES string of the molecule is O=C(O)CCC(=NO)c1ccc(NC(=O)c2ccc(-c3ccccc3)cc2)cc1. The topological polar surface area (TPSA) is 99.0 Å². The largest absolute Gasteiger partial charge is 0.481 e. The number of benzene rings is 3. The van der Waals surface area contributed by atoms with Crippen molar-refractivity contribution >= 4 is 23.3 Å². The Morgan fingerprint density at radius 2 is 1.34 bits per heavy atom. The van der Waals surface area contributed by atoms with E-state index in [2.05, 4.69) is 10.5 Å². The molecule has 0 saturated carbocycles. The minimum atomic E-state index is -0.965. The predicted octanol–water partition coefficient (Wildman–Crippen LogP) is 4.65. The maximum absolute atomic E-state index is 12.5. The second kappa shape index (κ2) is 9.32. The second-order valence-corrected chi connectivity index (χ2v) is 6.42. The van der Waals surface area contributed by atoms with Gasteiger partial charge in [-0.2, -0.15) is 0 Å². The van der Waals surface area contributed by atoms with E-state index in [0.29, 0.717) is 16.8 Å². The molecular formula is C23H20N2O4. The number of carboxylic acids is 1. The Bertz CT molecular complexity index is 1010. The van der Waals surface area contributed by atoms with Gasteiger partial charge in [-0.25, -0.2) is 0 Å². The molecule has 0 aromatic heterocycles. The highest BCUT2D eigenvalue weighted by molar-refractivity contribution is 6.05. The Morgan fingerprint density at radius 1 is 0.759 bits per heavy atom. The number of carbonyl (C=O) groups is 2. The van der Waals surface area contributed by atoms with Crippen LogP contribution in [-0.2, 0) is 4.79 Å². The van der Waals surface area contributed by atoms with Crippen LogP contribution in [0.5, 0.6) is 0 Å². The van der Waals surface area contributed by atoms with Crippen LogP contribution >= 0.6 is 0 Å². The number of amides is 1. The summed E-state index contributed by atoms with van der Waals surface area (Å²) >= 11 is 0. The van der Waals surface area contributed by atoms with Gasteiger partial charge in [0.1, 0.15) is 0 Å². The Morgan fingerprint density at radius 3 is 1.93 bits per heavy atom. The fourth-order valence-corrected chi connectivity index (χ4v) is 2.87. The van der Waals surface area contributed by atoms with Crippen molar-refractivity contribution in [2.24, 2.45) is 5.16 Å². The van der Waals surface area contributed by atoms with Crippen LogP contribution < -0.4 is 5.32 Å². The lowest BCUT2D eigenvalue weighted by molar-refractivity contribution is -0.136. The molecule has 6 heteroatoms. The lowest BCUT2D eigenvalue weighted by Gasteiger charge is -2.08. The van der Waals surface area contributed by atoms with Gasteiger partial charge in [-0.15, -0.1) is 0 Å². The molecule has 3 aromatic rings. The molecule has 0 unspecified atom stereocenters. The third kappa shape index (κ3) is 5.29. The molecule has 0 heterocycles. The Hall–Kier alpha value is -3.93. The molecule has 0 aliphatic heterocycles. The van der Waals surface area contributed by atoms with E-state index in [9.17, 15) is 9.59 Å². The molecule has 0 spiro atoms. The third-order valence-electron chi connectivity index (χ3n) is 4.43. The average Bonchev–Trinajstić information content (AvgIpc) is 2.76. The van der Waals surface area contributed by atoms with E-state index < -0.39 is 5.97 Å². The van der Waals surface area contributed by atoms with Crippen molar-refractivity contribution < 1.29 is 19.9 Å². The van der Waals surface area contributed by atoms with E-state index in [4.69, 9.17) is 10.3 Å². The van der Waals surface area contributed by atoms with E-state index in [0.717, 1.165) is 11.1 Å². The lowest BCUT2D eigenvalue weighted by atomic mass is 10.0. The third-order valence-corrected chi connectivity index (χ3v) is 4.43. The van der Waals surface area contributed by atoms with Crippen LogP contribution in [0.2, 0.25) is 0 Å². The molecule has 6 nitrogen and oxygen atoms in total. The standard InChI is InChI=1S/C23H20N2O4/c26-22(27)15-14-21(25-29)18-10-12-20(13-11-18)24-23(28)19-8-6-17(7-9-19)16-4-2-1-3-5-16/h1-13,29H,14-15H2,(H,24,28)(H,26,27). The summed E-state index contributed by atoms with van der Waals surface area (Å²) in [7, 11) is 0. The van der Waals surface area contributed by atoms with Crippen LogP contribution in [0.4, 0.5) is 5.69 Å². The van der Waals surface area contributed by atoms with E-state index in [1.54, 1.807) is 36.4 Å². The van der Waals surface area contributed by atoms with Crippen LogP contribution in [-0.4, -0.2) is 27.9 Å². The molecule has 3 rings (SSSR count). The molecule has 0 bridgehead atoms. The smallest absolute Gasteiger partial charge is 0.303 e. The lowest BCUT2D eigenvalue weighted by Crippen LogP contribution is -2.12. The molecule has 0 radical (unpaired) electrons. The number of hydrogen-bond donors (Lipinski definition) is 3. The highest BCUT2D eigenvalue weighted by atomic mass is 16.4. The summed E-state index contributed by atoms with van der Waals surface area (Å²) in [6.07, 6.45) is -0.0117. The highest BCUT2D eigenvalue weighted by Gasteiger charge is 2.10. The van der Waals surface area contributed by atoms with Gasteiger partial charge in [-0.3, -0.25) is 9.59 Å². The fourth-order valence-electron chi connectivity index (χ4n) is 2.87. The Balaban J connectivity index is 1.65. The van der Waals surface area contributed by atoms with Crippen molar-refractivity contribution in [3.05, 3.63) is 90.0 Å². The number of hydrogen-bond acceptors (Lipinski definition) is 4. The van der Waals surface area contributed by atoms with E-state index in [1.807, 2.05) is 42.5 Å². The van der Waals surface area contributed by atoms with Crippen molar-refractivity contribution in [1.82, 2.24) is 0 Å².